The Morgan fingerprint density at radius 2 is 2.00 bits per heavy atom. The fourth-order valence-corrected chi connectivity index (χ4v) is 1.19. The summed E-state index contributed by atoms with van der Waals surface area (Å²) in [6.07, 6.45) is -4.44. The molecule has 0 unspecified atom stereocenters. The molecule has 1 aromatic heterocycles. The number of nitrogens with two attached hydrogens (primary N) is 1. The number of alkyl halides is 3. The lowest BCUT2D eigenvalue weighted by molar-refractivity contribution is -0.136. The summed E-state index contributed by atoms with van der Waals surface area (Å²) in [7, 11) is 0. The predicted octanol–water partition coefficient (Wildman–Crippen LogP) is 2.43. The van der Waals surface area contributed by atoms with Gasteiger partial charge in [-0.2, -0.15) is 18.2 Å². The maximum atomic E-state index is 12.4. The second-order valence-electron chi connectivity index (χ2n) is 2.70. The van der Waals surface area contributed by atoms with Gasteiger partial charge >= 0.3 is 6.18 Å². The van der Waals surface area contributed by atoms with Crippen molar-refractivity contribution in [3.8, 4) is 0 Å². The zero-order valence-corrected chi connectivity index (χ0v) is 6.80. The van der Waals surface area contributed by atoms with Crippen molar-refractivity contribution < 1.29 is 17.6 Å². The molecule has 1 heterocycles. The number of nitrogen functional groups attached to an aromatic ring is 1. The maximum absolute atomic E-state index is 12.4. The highest BCUT2D eigenvalue weighted by molar-refractivity contribution is 5.78. The predicted molar refractivity (Wildman–Crippen MR) is 43.4 cm³/mol. The summed E-state index contributed by atoms with van der Waals surface area (Å²) in [6.45, 7) is 0. The average Bonchev–Trinajstić information content (AvgIpc) is 2.41. The van der Waals surface area contributed by atoms with Gasteiger partial charge in [0.1, 0.15) is 5.52 Å². The van der Waals surface area contributed by atoms with Gasteiger partial charge in [-0.1, -0.05) is 6.07 Å². The molecule has 2 N–H and O–H groups in total. The van der Waals surface area contributed by atoms with E-state index in [-0.39, 0.29) is 17.1 Å². The Balaban J connectivity index is 2.77. The SMILES string of the molecule is Nc1nc2c(C(F)(F)F)cccc2o1. The van der Waals surface area contributed by atoms with Crippen LogP contribution >= 0.6 is 0 Å². The lowest BCUT2D eigenvalue weighted by Gasteiger charge is -2.05. The summed E-state index contributed by atoms with van der Waals surface area (Å²) in [5.74, 6) is 0. The second kappa shape index (κ2) is 2.63. The third kappa shape index (κ3) is 1.28. The molecule has 0 spiro atoms. The van der Waals surface area contributed by atoms with Crippen molar-refractivity contribution >= 4 is 17.1 Å². The summed E-state index contributed by atoms with van der Waals surface area (Å²) in [6, 6.07) is 3.30. The van der Waals surface area contributed by atoms with Crippen LogP contribution < -0.4 is 5.73 Å². The Bertz CT molecular complexity index is 475. The van der Waals surface area contributed by atoms with E-state index in [9.17, 15) is 13.2 Å². The zero-order chi connectivity index (χ0) is 10.3. The van der Waals surface area contributed by atoms with Crippen molar-refractivity contribution in [2.45, 2.75) is 6.18 Å². The first-order valence-corrected chi connectivity index (χ1v) is 3.71. The topological polar surface area (TPSA) is 52.0 Å². The van der Waals surface area contributed by atoms with Crippen LogP contribution in [0.15, 0.2) is 22.6 Å². The quantitative estimate of drug-likeness (QED) is 0.713. The van der Waals surface area contributed by atoms with E-state index in [1.165, 1.54) is 12.1 Å². The molecule has 14 heavy (non-hydrogen) atoms. The minimum absolute atomic E-state index is 0.0392. The molecule has 0 aliphatic heterocycles. The number of aromatic nitrogens is 1. The molecule has 74 valence electrons. The molecule has 2 aromatic rings. The Morgan fingerprint density at radius 3 is 2.64 bits per heavy atom. The first-order chi connectivity index (χ1) is 6.48. The third-order valence-electron chi connectivity index (χ3n) is 1.74. The van der Waals surface area contributed by atoms with E-state index in [4.69, 9.17) is 10.2 Å². The first-order valence-electron chi connectivity index (χ1n) is 3.71. The second-order valence-corrected chi connectivity index (χ2v) is 2.70. The maximum Gasteiger partial charge on any atom is 0.418 e. The fourth-order valence-electron chi connectivity index (χ4n) is 1.19. The Labute approximate surface area is 76.3 Å². The molecule has 0 atom stereocenters. The molecule has 0 radical (unpaired) electrons. The van der Waals surface area contributed by atoms with Gasteiger partial charge in [-0.3, -0.25) is 0 Å². The summed E-state index contributed by atoms with van der Waals surface area (Å²) in [5.41, 5.74) is 4.11. The van der Waals surface area contributed by atoms with Crippen molar-refractivity contribution in [3.63, 3.8) is 0 Å². The number of oxazole rings is 1. The Hall–Kier alpha value is -1.72. The number of para-hydroxylation sites is 1. The van der Waals surface area contributed by atoms with Crippen LogP contribution in [0.5, 0.6) is 0 Å². The van der Waals surface area contributed by atoms with E-state index < -0.39 is 11.7 Å². The smallest absolute Gasteiger partial charge is 0.418 e. The molecule has 6 heteroatoms. The number of hydrogen-bond acceptors (Lipinski definition) is 3. The van der Waals surface area contributed by atoms with Gasteiger partial charge in [-0.25, -0.2) is 0 Å². The van der Waals surface area contributed by atoms with Crippen molar-refractivity contribution in [2.24, 2.45) is 0 Å². The molecule has 0 bridgehead atoms. The van der Waals surface area contributed by atoms with Gasteiger partial charge in [0.05, 0.1) is 5.56 Å². The summed E-state index contributed by atoms with van der Waals surface area (Å²) in [5, 5.41) is 0. The zero-order valence-electron chi connectivity index (χ0n) is 6.80. The van der Waals surface area contributed by atoms with E-state index in [1.807, 2.05) is 0 Å². The first kappa shape index (κ1) is 8.86. The van der Waals surface area contributed by atoms with Crippen LogP contribution in [0.1, 0.15) is 5.56 Å². The van der Waals surface area contributed by atoms with Crippen LogP contribution in [-0.2, 0) is 6.18 Å². The number of fused-ring (bicyclic) bond motifs is 1. The molecule has 0 amide bonds. The van der Waals surface area contributed by atoms with Crippen LogP contribution in [0.2, 0.25) is 0 Å². The fraction of sp³-hybridized carbons (Fsp3) is 0.125. The highest BCUT2D eigenvalue weighted by Gasteiger charge is 2.34. The van der Waals surface area contributed by atoms with Crippen molar-refractivity contribution in [1.82, 2.24) is 4.98 Å². The highest BCUT2D eigenvalue weighted by atomic mass is 19.4. The molecular weight excluding hydrogens is 197 g/mol. The van der Waals surface area contributed by atoms with E-state index in [0.29, 0.717) is 0 Å². The number of halogens is 3. The number of anilines is 1. The van der Waals surface area contributed by atoms with Crippen LogP contribution in [0.3, 0.4) is 0 Å². The van der Waals surface area contributed by atoms with Crippen molar-refractivity contribution in [1.29, 1.82) is 0 Å². The van der Waals surface area contributed by atoms with E-state index in [1.54, 1.807) is 0 Å². The van der Waals surface area contributed by atoms with Gasteiger partial charge in [0.15, 0.2) is 5.58 Å². The highest BCUT2D eigenvalue weighted by Crippen LogP contribution is 2.34. The van der Waals surface area contributed by atoms with Gasteiger partial charge in [-0.05, 0) is 12.1 Å². The summed E-state index contributed by atoms with van der Waals surface area (Å²) >= 11 is 0. The Kier molecular flexibility index (Phi) is 1.67. The van der Waals surface area contributed by atoms with Gasteiger partial charge in [-0.15, -0.1) is 0 Å². The minimum Gasteiger partial charge on any atom is -0.424 e. The number of nitrogens with zero attached hydrogens (tertiary/aromatic N) is 1. The van der Waals surface area contributed by atoms with Crippen molar-refractivity contribution in [2.75, 3.05) is 5.73 Å². The molecule has 1 aromatic carbocycles. The molecule has 2 rings (SSSR count). The van der Waals surface area contributed by atoms with Gasteiger partial charge < -0.3 is 10.2 Å². The molecule has 3 nitrogen and oxygen atoms in total. The normalized spacial score (nSPS) is 12.2. The van der Waals surface area contributed by atoms with E-state index >= 15 is 0 Å². The van der Waals surface area contributed by atoms with Crippen LogP contribution in [0, 0.1) is 0 Å². The van der Waals surface area contributed by atoms with Gasteiger partial charge in [0, 0.05) is 0 Å². The van der Waals surface area contributed by atoms with E-state index in [0.717, 1.165) is 6.07 Å². The summed E-state index contributed by atoms with van der Waals surface area (Å²) < 4.78 is 42.0. The summed E-state index contributed by atoms with van der Waals surface area (Å²) in [4.78, 5) is 3.47. The van der Waals surface area contributed by atoms with Crippen LogP contribution in [0.4, 0.5) is 19.2 Å². The lowest BCUT2D eigenvalue weighted by atomic mass is 10.2. The molecular formula is C8H5F3N2O. The van der Waals surface area contributed by atoms with Gasteiger partial charge in [0.25, 0.3) is 6.01 Å². The van der Waals surface area contributed by atoms with Crippen LogP contribution in [0.25, 0.3) is 11.1 Å². The molecule has 0 aliphatic rings. The number of hydrogen-bond donors (Lipinski definition) is 1. The van der Waals surface area contributed by atoms with Crippen LogP contribution in [-0.4, -0.2) is 4.98 Å². The van der Waals surface area contributed by atoms with Gasteiger partial charge in [0.2, 0.25) is 0 Å². The van der Waals surface area contributed by atoms with Crippen molar-refractivity contribution in [3.05, 3.63) is 23.8 Å². The number of rotatable bonds is 0. The standard InChI is InChI=1S/C8H5F3N2O/c9-8(10,11)4-2-1-3-5-6(4)13-7(12)14-5/h1-3H,(H2,12,13). The largest absolute Gasteiger partial charge is 0.424 e. The molecule has 0 saturated heterocycles. The molecule has 0 saturated carbocycles. The Morgan fingerprint density at radius 1 is 1.29 bits per heavy atom. The monoisotopic (exact) mass is 202 g/mol. The third-order valence-corrected chi connectivity index (χ3v) is 1.74. The average molecular weight is 202 g/mol. The lowest BCUT2D eigenvalue weighted by Crippen LogP contribution is -2.05. The number of benzene rings is 1. The van der Waals surface area contributed by atoms with E-state index in [2.05, 4.69) is 4.98 Å². The minimum atomic E-state index is -4.44. The molecule has 0 fully saturated rings. The molecule has 0 aliphatic carbocycles.